The summed E-state index contributed by atoms with van der Waals surface area (Å²) in [6.07, 6.45) is 3.55. The van der Waals surface area contributed by atoms with E-state index in [1.54, 1.807) is 6.20 Å². The van der Waals surface area contributed by atoms with Crippen molar-refractivity contribution >= 4 is 11.8 Å². The maximum atomic E-state index is 5.33. The molecule has 1 aromatic heterocycles. The van der Waals surface area contributed by atoms with Crippen molar-refractivity contribution in [2.24, 2.45) is 0 Å². The van der Waals surface area contributed by atoms with Gasteiger partial charge in [-0.3, -0.25) is 0 Å². The minimum absolute atomic E-state index is 0.275. The summed E-state index contributed by atoms with van der Waals surface area (Å²) < 4.78 is 10.6. The molecule has 0 bridgehead atoms. The number of benzene rings is 1. The van der Waals surface area contributed by atoms with Crippen molar-refractivity contribution in [2.75, 3.05) is 13.0 Å². The molecule has 1 aliphatic rings. The molecule has 0 unspecified atom stereocenters. The highest BCUT2D eigenvalue weighted by molar-refractivity contribution is 7.98. The van der Waals surface area contributed by atoms with Crippen LogP contribution >= 0.6 is 11.8 Å². The average Bonchev–Trinajstić information content (AvgIpc) is 2.86. The average molecular weight is 247 g/mol. The van der Waals surface area contributed by atoms with Gasteiger partial charge in [-0.05, 0) is 24.5 Å². The van der Waals surface area contributed by atoms with Gasteiger partial charge in [0.25, 0.3) is 0 Å². The lowest BCUT2D eigenvalue weighted by Crippen LogP contribution is -1.93. The summed E-state index contributed by atoms with van der Waals surface area (Å²) in [5.74, 6) is 1.51. The Hall–Kier alpha value is -1.82. The Morgan fingerprint density at radius 3 is 3.00 bits per heavy atom. The second kappa shape index (κ2) is 4.21. The Labute approximate surface area is 102 Å². The molecule has 0 atom stereocenters. The van der Waals surface area contributed by atoms with Crippen molar-refractivity contribution in [3.05, 3.63) is 24.4 Å². The van der Waals surface area contributed by atoms with Gasteiger partial charge in [-0.15, -0.1) is 5.10 Å². The number of aromatic nitrogens is 3. The Morgan fingerprint density at radius 1 is 1.24 bits per heavy atom. The molecule has 86 valence electrons. The molecule has 2 heterocycles. The first-order chi connectivity index (χ1) is 8.36. The number of ether oxygens (including phenoxy) is 2. The van der Waals surface area contributed by atoms with Gasteiger partial charge in [-0.1, -0.05) is 11.8 Å². The SMILES string of the molecule is CSc1nncc(-c2ccc3c(c2)OCO3)n1. The van der Waals surface area contributed by atoms with E-state index < -0.39 is 0 Å². The van der Waals surface area contributed by atoms with Gasteiger partial charge in [-0.25, -0.2) is 4.98 Å². The molecule has 0 N–H and O–H groups in total. The molecule has 0 radical (unpaired) electrons. The molecule has 5 nitrogen and oxygen atoms in total. The fourth-order valence-corrected chi connectivity index (χ4v) is 1.89. The summed E-state index contributed by atoms with van der Waals surface area (Å²) in [6, 6.07) is 5.70. The molecule has 2 aromatic rings. The fourth-order valence-electron chi connectivity index (χ4n) is 1.57. The summed E-state index contributed by atoms with van der Waals surface area (Å²) in [5.41, 5.74) is 1.72. The van der Waals surface area contributed by atoms with E-state index in [-0.39, 0.29) is 6.79 Å². The lowest BCUT2D eigenvalue weighted by molar-refractivity contribution is 0.174. The van der Waals surface area contributed by atoms with Gasteiger partial charge < -0.3 is 9.47 Å². The van der Waals surface area contributed by atoms with Crippen molar-refractivity contribution in [1.82, 2.24) is 15.2 Å². The molecule has 0 aliphatic carbocycles. The second-order valence-electron chi connectivity index (χ2n) is 3.40. The summed E-state index contributed by atoms with van der Waals surface area (Å²) >= 11 is 1.46. The molecule has 0 saturated carbocycles. The summed E-state index contributed by atoms with van der Waals surface area (Å²) in [6.45, 7) is 0.275. The van der Waals surface area contributed by atoms with E-state index in [0.717, 1.165) is 22.8 Å². The predicted molar refractivity (Wildman–Crippen MR) is 63.2 cm³/mol. The van der Waals surface area contributed by atoms with Crippen LogP contribution in [0, 0.1) is 0 Å². The second-order valence-corrected chi connectivity index (χ2v) is 4.17. The maximum absolute atomic E-state index is 5.33. The van der Waals surface area contributed by atoms with Crippen LogP contribution in [0.15, 0.2) is 29.6 Å². The number of fused-ring (bicyclic) bond motifs is 1. The first kappa shape index (κ1) is 10.3. The van der Waals surface area contributed by atoms with Crippen molar-refractivity contribution in [1.29, 1.82) is 0 Å². The number of hydrogen-bond acceptors (Lipinski definition) is 6. The van der Waals surface area contributed by atoms with Gasteiger partial charge in [0.05, 0.1) is 11.9 Å². The number of hydrogen-bond donors (Lipinski definition) is 0. The molecule has 0 saturated heterocycles. The standard InChI is InChI=1S/C11H9N3O2S/c1-17-11-13-8(5-12-14-11)7-2-3-9-10(4-7)16-6-15-9/h2-5H,6H2,1H3. The molecule has 0 fully saturated rings. The molecule has 1 aromatic carbocycles. The Kier molecular flexibility index (Phi) is 2.56. The van der Waals surface area contributed by atoms with Gasteiger partial charge in [-0.2, -0.15) is 5.10 Å². The molecular formula is C11H9N3O2S. The zero-order valence-corrected chi connectivity index (χ0v) is 9.90. The molecule has 0 amide bonds. The topological polar surface area (TPSA) is 57.1 Å². The number of rotatable bonds is 2. The van der Waals surface area contributed by atoms with Crippen LogP contribution in [-0.2, 0) is 0 Å². The van der Waals surface area contributed by atoms with Crippen molar-refractivity contribution in [2.45, 2.75) is 5.16 Å². The van der Waals surface area contributed by atoms with Crippen molar-refractivity contribution in [3.8, 4) is 22.8 Å². The van der Waals surface area contributed by atoms with E-state index in [2.05, 4.69) is 15.2 Å². The Balaban J connectivity index is 2.03. The Bertz CT molecular complexity index is 562. The van der Waals surface area contributed by atoms with E-state index in [1.165, 1.54) is 11.8 Å². The highest BCUT2D eigenvalue weighted by atomic mass is 32.2. The van der Waals surface area contributed by atoms with E-state index in [4.69, 9.17) is 9.47 Å². The predicted octanol–water partition coefficient (Wildman–Crippen LogP) is 1.99. The molecule has 6 heteroatoms. The van der Waals surface area contributed by atoms with Crippen LogP contribution in [0.25, 0.3) is 11.3 Å². The molecule has 17 heavy (non-hydrogen) atoms. The lowest BCUT2D eigenvalue weighted by atomic mass is 10.1. The normalized spacial score (nSPS) is 12.8. The Morgan fingerprint density at radius 2 is 2.12 bits per heavy atom. The van der Waals surface area contributed by atoms with Gasteiger partial charge in [0.1, 0.15) is 0 Å². The fraction of sp³-hybridized carbons (Fsp3) is 0.182. The minimum atomic E-state index is 0.275. The zero-order chi connectivity index (χ0) is 11.7. The third kappa shape index (κ3) is 1.91. The van der Waals surface area contributed by atoms with Crippen LogP contribution in [0.4, 0.5) is 0 Å². The molecule has 0 spiro atoms. The van der Waals surface area contributed by atoms with Gasteiger partial charge in [0.2, 0.25) is 11.9 Å². The van der Waals surface area contributed by atoms with Crippen LogP contribution in [0.5, 0.6) is 11.5 Å². The van der Waals surface area contributed by atoms with E-state index in [0.29, 0.717) is 5.16 Å². The third-order valence-electron chi connectivity index (χ3n) is 2.39. The van der Waals surface area contributed by atoms with Gasteiger partial charge in [0, 0.05) is 5.56 Å². The van der Waals surface area contributed by atoms with Crippen LogP contribution in [0.1, 0.15) is 0 Å². The first-order valence-corrected chi connectivity index (χ1v) is 6.23. The van der Waals surface area contributed by atoms with Crippen LogP contribution in [-0.4, -0.2) is 28.2 Å². The summed E-state index contributed by atoms with van der Waals surface area (Å²) in [4.78, 5) is 4.38. The highest BCUT2D eigenvalue weighted by Gasteiger charge is 2.14. The van der Waals surface area contributed by atoms with E-state index in [1.807, 2.05) is 24.5 Å². The monoisotopic (exact) mass is 247 g/mol. The van der Waals surface area contributed by atoms with Crippen molar-refractivity contribution < 1.29 is 9.47 Å². The molecule has 1 aliphatic heterocycles. The van der Waals surface area contributed by atoms with Crippen LogP contribution in [0.2, 0.25) is 0 Å². The van der Waals surface area contributed by atoms with Gasteiger partial charge >= 0.3 is 0 Å². The first-order valence-electron chi connectivity index (χ1n) is 5.00. The molecular weight excluding hydrogens is 238 g/mol. The van der Waals surface area contributed by atoms with Crippen LogP contribution in [0.3, 0.4) is 0 Å². The zero-order valence-electron chi connectivity index (χ0n) is 9.08. The highest BCUT2D eigenvalue weighted by Crippen LogP contribution is 2.35. The minimum Gasteiger partial charge on any atom is -0.454 e. The third-order valence-corrected chi connectivity index (χ3v) is 2.93. The quantitative estimate of drug-likeness (QED) is 0.756. The van der Waals surface area contributed by atoms with E-state index >= 15 is 0 Å². The maximum Gasteiger partial charge on any atom is 0.231 e. The number of thioether (sulfide) groups is 1. The van der Waals surface area contributed by atoms with E-state index in [9.17, 15) is 0 Å². The smallest absolute Gasteiger partial charge is 0.231 e. The molecule has 3 rings (SSSR count). The number of nitrogens with zero attached hydrogens (tertiary/aromatic N) is 3. The van der Waals surface area contributed by atoms with Gasteiger partial charge in [0.15, 0.2) is 11.5 Å². The lowest BCUT2D eigenvalue weighted by Gasteiger charge is -2.02. The summed E-state index contributed by atoms with van der Waals surface area (Å²) in [7, 11) is 0. The van der Waals surface area contributed by atoms with Crippen LogP contribution < -0.4 is 9.47 Å². The van der Waals surface area contributed by atoms with Crippen molar-refractivity contribution in [3.63, 3.8) is 0 Å². The summed E-state index contributed by atoms with van der Waals surface area (Å²) in [5, 5.41) is 8.47. The largest absolute Gasteiger partial charge is 0.454 e.